The summed E-state index contributed by atoms with van der Waals surface area (Å²) >= 11 is 0. The molecule has 152 valence electrons. The molecule has 0 heterocycles. The molecule has 29 heavy (non-hydrogen) atoms. The van der Waals surface area contributed by atoms with E-state index in [0.717, 1.165) is 13.1 Å². The first-order chi connectivity index (χ1) is 13.9. The largest absolute Gasteiger partial charge is 0.295 e. The molecule has 0 spiro atoms. The van der Waals surface area contributed by atoms with Crippen LogP contribution in [0.1, 0.15) is 23.1 Å². The van der Waals surface area contributed by atoms with Gasteiger partial charge in [-0.25, -0.2) is 12.8 Å². The Morgan fingerprint density at radius 2 is 1.38 bits per heavy atom. The second-order valence-electron chi connectivity index (χ2n) is 7.31. The molecule has 3 nitrogen and oxygen atoms in total. The van der Waals surface area contributed by atoms with E-state index >= 15 is 0 Å². The van der Waals surface area contributed by atoms with E-state index in [0.29, 0.717) is 13.0 Å². The van der Waals surface area contributed by atoms with Crippen molar-refractivity contribution in [1.82, 2.24) is 4.90 Å². The average molecular weight is 412 g/mol. The standard InChI is InChI=1S/C24H26FNO2S/c1-20-8-10-22(11-9-20)19-26(18-21-6-3-2-4-7-21)16-5-17-29(27,28)24-14-12-23(25)13-15-24/h2-4,6-15H,5,16-19H2,1H3. The fourth-order valence-corrected chi connectivity index (χ4v) is 4.54. The molecule has 0 aromatic heterocycles. The molecule has 0 fully saturated rings. The summed E-state index contributed by atoms with van der Waals surface area (Å²) in [7, 11) is -3.42. The summed E-state index contributed by atoms with van der Waals surface area (Å²) in [6.07, 6.45) is 0.512. The zero-order valence-corrected chi connectivity index (χ0v) is 17.4. The first-order valence-electron chi connectivity index (χ1n) is 9.72. The molecule has 0 aliphatic rings. The third kappa shape index (κ3) is 6.51. The van der Waals surface area contributed by atoms with E-state index in [2.05, 4.69) is 48.2 Å². The maximum Gasteiger partial charge on any atom is 0.178 e. The Morgan fingerprint density at radius 1 is 0.793 bits per heavy atom. The van der Waals surface area contributed by atoms with Crippen LogP contribution in [-0.4, -0.2) is 25.6 Å². The Labute approximate surface area is 172 Å². The normalized spacial score (nSPS) is 11.7. The molecule has 0 amide bonds. The third-order valence-corrected chi connectivity index (χ3v) is 6.65. The number of aryl methyl sites for hydroxylation is 1. The molecule has 0 bridgehead atoms. The fourth-order valence-electron chi connectivity index (χ4n) is 3.25. The van der Waals surface area contributed by atoms with Gasteiger partial charge < -0.3 is 0 Å². The van der Waals surface area contributed by atoms with Crippen LogP contribution in [0.15, 0.2) is 83.8 Å². The summed E-state index contributed by atoms with van der Waals surface area (Å²) < 4.78 is 38.1. The molecule has 0 N–H and O–H groups in total. The van der Waals surface area contributed by atoms with Gasteiger partial charge in [0.15, 0.2) is 9.84 Å². The molecule has 5 heteroatoms. The monoisotopic (exact) mass is 411 g/mol. The van der Waals surface area contributed by atoms with Crippen LogP contribution in [0.2, 0.25) is 0 Å². The Morgan fingerprint density at radius 3 is 2.00 bits per heavy atom. The highest BCUT2D eigenvalue weighted by atomic mass is 32.2. The van der Waals surface area contributed by atoms with Crippen LogP contribution < -0.4 is 0 Å². The Bertz CT molecular complexity index is 1000. The van der Waals surface area contributed by atoms with Gasteiger partial charge in [-0.2, -0.15) is 0 Å². The van der Waals surface area contributed by atoms with Gasteiger partial charge in [-0.3, -0.25) is 4.90 Å². The van der Waals surface area contributed by atoms with E-state index in [4.69, 9.17) is 0 Å². The predicted molar refractivity (Wildman–Crippen MR) is 115 cm³/mol. The quantitative estimate of drug-likeness (QED) is 0.465. The smallest absolute Gasteiger partial charge is 0.178 e. The number of benzene rings is 3. The topological polar surface area (TPSA) is 37.4 Å². The highest BCUT2D eigenvalue weighted by Crippen LogP contribution is 2.15. The van der Waals surface area contributed by atoms with Gasteiger partial charge in [0.25, 0.3) is 0 Å². The van der Waals surface area contributed by atoms with Gasteiger partial charge in [-0.15, -0.1) is 0 Å². The molecular weight excluding hydrogens is 385 g/mol. The molecule has 3 aromatic carbocycles. The number of rotatable bonds is 9. The number of halogens is 1. The van der Waals surface area contributed by atoms with Gasteiger partial charge in [0.1, 0.15) is 5.82 Å². The Kier molecular flexibility index (Phi) is 7.18. The van der Waals surface area contributed by atoms with Crippen LogP contribution >= 0.6 is 0 Å². The van der Waals surface area contributed by atoms with Crippen molar-refractivity contribution >= 4 is 9.84 Å². The van der Waals surface area contributed by atoms with Crippen molar-refractivity contribution in [3.8, 4) is 0 Å². The molecular formula is C24H26FNO2S. The highest BCUT2D eigenvalue weighted by molar-refractivity contribution is 7.91. The van der Waals surface area contributed by atoms with E-state index in [1.165, 1.54) is 41.0 Å². The van der Waals surface area contributed by atoms with Gasteiger partial charge in [0.05, 0.1) is 10.6 Å². The Balaban J connectivity index is 1.65. The molecule has 0 aliphatic carbocycles. The maximum atomic E-state index is 13.1. The van der Waals surface area contributed by atoms with Gasteiger partial charge in [0, 0.05) is 13.1 Å². The summed E-state index contributed by atoms with van der Waals surface area (Å²) in [5, 5.41) is 0. The SMILES string of the molecule is Cc1ccc(CN(CCCS(=O)(=O)c2ccc(F)cc2)Cc2ccccc2)cc1. The van der Waals surface area contributed by atoms with Gasteiger partial charge in [-0.1, -0.05) is 60.2 Å². The molecule has 0 radical (unpaired) electrons. The van der Waals surface area contributed by atoms with Crippen LogP contribution in [0.25, 0.3) is 0 Å². The van der Waals surface area contributed by atoms with Crippen molar-refractivity contribution in [2.45, 2.75) is 31.3 Å². The van der Waals surface area contributed by atoms with Gasteiger partial charge in [-0.05, 0) is 55.3 Å². The second kappa shape index (κ2) is 9.81. The van der Waals surface area contributed by atoms with Crippen molar-refractivity contribution in [2.75, 3.05) is 12.3 Å². The van der Waals surface area contributed by atoms with E-state index in [1.807, 2.05) is 18.2 Å². The van der Waals surface area contributed by atoms with Crippen LogP contribution in [-0.2, 0) is 22.9 Å². The zero-order chi connectivity index (χ0) is 20.7. The van der Waals surface area contributed by atoms with Crippen LogP contribution in [0.4, 0.5) is 4.39 Å². The summed E-state index contributed by atoms with van der Waals surface area (Å²) in [5.41, 5.74) is 3.61. The number of sulfone groups is 1. The summed E-state index contributed by atoms with van der Waals surface area (Å²) in [6, 6.07) is 23.6. The van der Waals surface area contributed by atoms with E-state index in [9.17, 15) is 12.8 Å². The predicted octanol–water partition coefficient (Wildman–Crippen LogP) is 5.00. The summed E-state index contributed by atoms with van der Waals surface area (Å²) in [4.78, 5) is 2.44. The zero-order valence-electron chi connectivity index (χ0n) is 16.6. The second-order valence-corrected chi connectivity index (χ2v) is 9.42. The Hall–Kier alpha value is -2.50. The lowest BCUT2D eigenvalue weighted by molar-refractivity contribution is 0.257. The molecule has 0 aliphatic heterocycles. The van der Waals surface area contributed by atoms with Crippen molar-refractivity contribution in [3.05, 3.63) is 101 Å². The molecule has 3 rings (SSSR count). The third-order valence-electron chi connectivity index (χ3n) is 4.84. The first-order valence-corrected chi connectivity index (χ1v) is 11.4. The lowest BCUT2D eigenvalue weighted by Gasteiger charge is -2.23. The van der Waals surface area contributed by atoms with Crippen molar-refractivity contribution < 1.29 is 12.8 Å². The van der Waals surface area contributed by atoms with Crippen molar-refractivity contribution in [3.63, 3.8) is 0 Å². The van der Waals surface area contributed by atoms with Crippen LogP contribution in [0.5, 0.6) is 0 Å². The van der Waals surface area contributed by atoms with Crippen LogP contribution in [0, 0.1) is 12.7 Å². The van der Waals surface area contributed by atoms with Gasteiger partial charge >= 0.3 is 0 Å². The first kappa shape index (κ1) is 21.2. The minimum absolute atomic E-state index is 0.0395. The van der Waals surface area contributed by atoms with E-state index < -0.39 is 15.7 Å². The van der Waals surface area contributed by atoms with Crippen LogP contribution in [0.3, 0.4) is 0 Å². The fraction of sp³-hybridized carbons (Fsp3) is 0.250. The molecule has 0 saturated carbocycles. The lowest BCUT2D eigenvalue weighted by atomic mass is 10.1. The molecule has 0 unspecified atom stereocenters. The number of nitrogens with zero attached hydrogens (tertiary/aromatic N) is 1. The lowest BCUT2D eigenvalue weighted by Crippen LogP contribution is -2.25. The van der Waals surface area contributed by atoms with E-state index in [1.54, 1.807) is 0 Å². The minimum Gasteiger partial charge on any atom is -0.295 e. The van der Waals surface area contributed by atoms with Crippen molar-refractivity contribution in [1.29, 1.82) is 0 Å². The molecule has 0 atom stereocenters. The maximum absolute atomic E-state index is 13.1. The molecule has 0 saturated heterocycles. The summed E-state index contributed by atoms with van der Waals surface area (Å²) in [6.45, 7) is 4.23. The van der Waals surface area contributed by atoms with Crippen molar-refractivity contribution in [2.24, 2.45) is 0 Å². The summed E-state index contributed by atoms with van der Waals surface area (Å²) in [5.74, 6) is -0.395. The molecule has 3 aromatic rings. The number of hydrogen-bond acceptors (Lipinski definition) is 3. The average Bonchev–Trinajstić information content (AvgIpc) is 2.70. The van der Waals surface area contributed by atoms with Gasteiger partial charge in [0.2, 0.25) is 0 Å². The highest BCUT2D eigenvalue weighted by Gasteiger charge is 2.16. The van der Waals surface area contributed by atoms with E-state index in [-0.39, 0.29) is 10.6 Å². The minimum atomic E-state index is -3.42. The number of hydrogen-bond donors (Lipinski definition) is 0.